The molecule has 0 bridgehead atoms. The molecule has 0 radical (unpaired) electrons. The molecule has 0 saturated carbocycles. The highest BCUT2D eigenvalue weighted by Gasteiger charge is 2.22. The molecular weight excluding hydrogens is 346 g/mol. The van der Waals surface area contributed by atoms with Gasteiger partial charge in [-0.05, 0) is 67.9 Å². The fourth-order valence-corrected chi connectivity index (χ4v) is 3.82. The molecule has 0 heterocycles. The third-order valence-corrected chi connectivity index (χ3v) is 5.05. The lowest BCUT2D eigenvalue weighted by Crippen LogP contribution is -2.17. The molecule has 0 aliphatic heterocycles. The molecule has 28 heavy (non-hydrogen) atoms. The summed E-state index contributed by atoms with van der Waals surface area (Å²) in [5.74, 6) is 0.427. The number of carbonyl (C=O) groups is 1. The summed E-state index contributed by atoms with van der Waals surface area (Å²) in [6, 6.07) is 18.4. The van der Waals surface area contributed by atoms with E-state index in [0.717, 1.165) is 36.1 Å². The fourth-order valence-electron chi connectivity index (χ4n) is 3.82. The fraction of sp³-hybridized carbons (Fsp3) is 0.320. The number of aliphatic hydroxyl groups is 1. The zero-order valence-electron chi connectivity index (χ0n) is 16.9. The van der Waals surface area contributed by atoms with Crippen LogP contribution in [0.1, 0.15) is 57.1 Å². The monoisotopic (exact) mass is 375 g/mol. The van der Waals surface area contributed by atoms with E-state index >= 15 is 0 Å². The first-order valence-electron chi connectivity index (χ1n) is 9.90. The Morgan fingerprint density at radius 1 is 1.11 bits per heavy atom. The van der Waals surface area contributed by atoms with Gasteiger partial charge in [0.1, 0.15) is 0 Å². The van der Waals surface area contributed by atoms with Crippen molar-refractivity contribution < 1.29 is 9.90 Å². The first-order chi connectivity index (χ1) is 13.3. The van der Waals surface area contributed by atoms with Gasteiger partial charge in [0.15, 0.2) is 0 Å². The van der Waals surface area contributed by atoms with Gasteiger partial charge in [0.2, 0.25) is 5.91 Å². The Labute approximate surface area is 167 Å². The van der Waals surface area contributed by atoms with Crippen LogP contribution in [0.2, 0.25) is 0 Å². The Bertz CT molecular complexity index is 888. The summed E-state index contributed by atoms with van der Waals surface area (Å²) in [7, 11) is 0. The summed E-state index contributed by atoms with van der Waals surface area (Å²) in [6.07, 6.45) is 7.19. The van der Waals surface area contributed by atoms with Crippen LogP contribution in [-0.2, 0) is 4.79 Å². The SMILES string of the molecule is CC(=O)Nc1ccccc1/C(=C\C(C)(C)O)C1=CCC(c2ccccc2)CC1. The summed E-state index contributed by atoms with van der Waals surface area (Å²) < 4.78 is 0. The molecular formula is C25H29NO2. The van der Waals surface area contributed by atoms with Crippen LogP contribution in [0.5, 0.6) is 0 Å². The molecule has 1 atom stereocenters. The Morgan fingerprint density at radius 2 is 1.79 bits per heavy atom. The van der Waals surface area contributed by atoms with Gasteiger partial charge in [-0.3, -0.25) is 4.79 Å². The molecule has 3 rings (SSSR count). The maximum absolute atomic E-state index is 11.7. The Hall–Kier alpha value is -2.65. The molecule has 3 nitrogen and oxygen atoms in total. The highest BCUT2D eigenvalue weighted by atomic mass is 16.3. The molecule has 146 valence electrons. The number of benzene rings is 2. The Balaban J connectivity index is 1.96. The van der Waals surface area contributed by atoms with Gasteiger partial charge in [0.05, 0.1) is 5.60 Å². The average molecular weight is 376 g/mol. The molecule has 0 fully saturated rings. The van der Waals surface area contributed by atoms with Crippen molar-refractivity contribution in [2.24, 2.45) is 0 Å². The molecule has 1 aliphatic rings. The molecule has 0 spiro atoms. The van der Waals surface area contributed by atoms with Gasteiger partial charge >= 0.3 is 0 Å². The summed E-state index contributed by atoms with van der Waals surface area (Å²) in [5, 5.41) is 13.4. The first kappa shape index (κ1) is 20.1. The highest BCUT2D eigenvalue weighted by Crippen LogP contribution is 2.40. The zero-order valence-corrected chi connectivity index (χ0v) is 16.9. The third kappa shape index (κ3) is 5.20. The number of anilines is 1. The van der Waals surface area contributed by atoms with Crippen molar-refractivity contribution in [3.8, 4) is 0 Å². The lowest BCUT2D eigenvalue weighted by molar-refractivity contribution is -0.114. The van der Waals surface area contributed by atoms with Gasteiger partial charge in [0, 0.05) is 18.2 Å². The van der Waals surface area contributed by atoms with E-state index in [2.05, 4.69) is 41.7 Å². The molecule has 1 amide bonds. The summed E-state index contributed by atoms with van der Waals surface area (Å²) >= 11 is 0. The van der Waals surface area contributed by atoms with Crippen molar-refractivity contribution in [3.05, 3.63) is 83.4 Å². The van der Waals surface area contributed by atoms with Crippen LogP contribution in [-0.4, -0.2) is 16.6 Å². The van der Waals surface area contributed by atoms with Crippen molar-refractivity contribution >= 4 is 17.2 Å². The van der Waals surface area contributed by atoms with Crippen LogP contribution < -0.4 is 5.32 Å². The van der Waals surface area contributed by atoms with Crippen LogP contribution >= 0.6 is 0 Å². The van der Waals surface area contributed by atoms with E-state index in [1.165, 1.54) is 18.1 Å². The van der Waals surface area contributed by atoms with Crippen molar-refractivity contribution in [2.45, 2.75) is 51.6 Å². The number of carbonyl (C=O) groups excluding carboxylic acids is 1. The van der Waals surface area contributed by atoms with E-state index in [1.807, 2.05) is 30.3 Å². The summed E-state index contributed by atoms with van der Waals surface area (Å²) in [5.41, 5.74) is 4.39. The van der Waals surface area contributed by atoms with E-state index < -0.39 is 5.60 Å². The summed E-state index contributed by atoms with van der Waals surface area (Å²) in [4.78, 5) is 11.7. The van der Waals surface area contributed by atoms with Gasteiger partial charge in [-0.25, -0.2) is 0 Å². The predicted octanol–water partition coefficient (Wildman–Crippen LogP) is 5.69. The number of hydrogen-bond acceptors (Lipinski definition) is 2. The van der Waals surface area contributed by atoms with Gasteiger partial charge in [-0.1, -0.05) is 54.6 Å². The van der Waals surface area contributed by atoms with Crippen LogP contribution in [0.25, 0.3) is 5.57 Å². The van der Waals surface area contributed by atoms with E-state index in [-0.39, 0.29) is 5.91 Å². The minimum Gasteiger partial charge on any atom is -0.386 e. The van der Waals surface area contributed by atoms with Crippen molar-refractivity contribution in [2.75, 3.05) is 5.32 Å². The smallest absolute Gasteiger partial charge is 0.221 e. The standard InChI is InChI=1S/C25H29NO2/c1-18(27)26-24-12-8-7-11-22(24)23(17-25(2,3)28)21-15-13-20(14-16-21)19-9-5-4-6-10-19/h4-12,15,17,20,28H,13-14,16H2,1-3H3,(H,26,27)/b23-17-. The van der Waals surface area contributed by atoms with Gasteiger partial charge < -0.3 is 10.4 Å². The second-order valence-corrected chi connectivity index (χ2v) is 8.05. The number of hydrogen-bond donors (Lipinski definition) is 2. The molecule has 2 aromatic rings. The second kappa shape index (κ2) is 8.57. The van der Waals surface area contributed by atoms with Gasteiger partial charge in [-0.2, -0.15) is 0 Å². The third-order valence-electron chi connectivity index (χ3n) is 5.05. The maximum Gasteiger partial charge on any atom is 0.221 e. The minimum atomic E-state index is -0.949. The number of allylic oxidation sites excluding steroid dienone is 3. The maximum atomic E-state index is 11.7. The summed E-state index contributed by atoms with van der Waals surface area (Å²) in [6.45, 7) is 5.08. The molecule has 2 N–H and O–H groups in total. The molecule has 1 unspecified atom stereocenters. The number of rotatable bonds is 5. The lowest BCUT2D eigenvalue weighted by Gasteiger charge is -2.26. The van der Waals surface area contributed by atoms with Crippen molar-refractivity contribution in [1.29, 1.82) is 0 Å². The largest absolute Gasteiger partial charge is 0.386 e. The first-order valence-corrected chi connectivity index (χ1v) is 9.90. The normalized spacial score (nSPS) is 17.8. The molecule has 1 aliphatic carbocycles. The quantitative estimate of drug-likeness (QED) is 0.705. The Kier molecular flexibility index (Phi) is 6.15. The van der Waals surface area contributed by atoms with Crippen molar-refractivity contribution in [3.63, 3.8) is 0 Å². The average Bonchev–Trinajstić information content (AvgIpc) is 2.66. The molecule has 2 aromatic carbocycles. The van der Waals surface area contributed by atoms with E-state index in [0.29, 0.717) is 5.92 Å². The molecule has 0 saturated heterocycles. The topological polar surface area (TPSA) is 49.3 Å². The van der Waals surface area contributed by atoms with Crippen LogP contribution in [0.15, 0.2) is 72.3 Å². The highest BCUT2D eigenvalue weighted by molar-refractivity contribution is 5.95. The van der Waals surface area contributed by atoms with Crippen LogP contribution in [0, 0.1) is 0 Å². The second-order valence-electron chi connectivity index (χ2n) is 8.05. The minimum absolute atomic E-state index is 0.100. The van der Waals surface area contributed by atoms with Crippen molar-refractivity contribution in [1.82, 2.24) is 0 Å². The molecule has 3 heteroatoms. The lowest BCUT2D eigenvalue weighted by atomic mass is 9.80. The number of nitrogens with one attached hydrogen (secondary N) is 1. The van der Waals surface area contributed by atoms with E-state index in [4.69, 9.17) is 0 Å². The van der Waals surface area contributed by atoms with E-state index in [1.54, 1.807) is 13.8 Å². The van der Waals surface area contributed by atoms with Gasteiger partial charge in [0.25, 0.3) is 0 Å². The predicted molar refractivity (Wildman–Crippen MR) is 116 cm³/mol. The zero-order chi connectivity index (χ0) is 20.1. The number of amides is 1. The Morgan fingerprint density at radius 3 is 2.39 bits per heavy atom. The van der Waals surface area contributed by atoms with Crippen LogP contribution in [0.3, 0.4) is 0 Å². The van der Waals surface area contributed by atoms with Crippen LogP contribution in [0.4, 0.5) is 5.69 Å². The van der Waals surface area contributed by atoms with E-state index in [9.17, 15) is 9.90 Å². The molecule has 0 aromatic heterocycles. The number of para-hydroxylation sites is 1. The van der Waals surface area contributed by atoms with Gasteiger partial charge in [-0.15, -0.1) is 0 Å².